The molecule has 4 nitrogen and oxygen atoms in total. The Labute approximate surface area is 78.2 Å². The van der Waals surface area contributed by atoms with Crippen LogP contribution in [0.3, 0.4) is 0 Å². The molecule has 76 valence electrons. The van der Waals surface area contributed by atoms with Crippen LogP contribution in [0, 0.1) is 0 Å². The number of methoxy groups -OCH3 is 1. The molecule has 1 unspecified atom stereocenters. The molecule has 0 aliphatic rings. The number of hydrogen-bond donors (Lipinski definition) is 1. The molecule has 1 atom stereocenters. The summed E-state index contributed by atoms with van der Waals surface area (Å²) in [5.41, 5.74) is 0. The monoisotopic (exact) mass is 188 g/mol. The Morgan fingerprint density at radius 2 is 2.31 bits per heavy atom. The molecule has 0 fully saturated rings. The fourth-order valence-electron chi connectivity index (χ4n) is 0.854. The Morgan fingerprint density at radius 3 is 2.77 bits per heavy atom. The molecule has 1 N–H and O–H groups in total. The maximum absolute atomic E-state index is 10.7. The summed E-state index contributed by atoms with van der Waals surface area (Å²) in [6.07, 6.45) is 2.69. The van der Waals surface area contributed by atoms with Gasteiger partial charge in [-0.2, -0.15) is 0 Å². The average molecular weight is 188 g/mol. The summed E-state index contributed by atoms with van der Waals surface area (Å²) in [6.45, 7) is 3.69. The fraction of sp³-hybridized carbons (Fsp3) is 0.667. The van der Waals surface area contributed by atoms with Crippen molar-refractivity contribution in [2.75, 3.05) is 13.7 Å². The van der Waals surface area contributed by atoms with Crippen LogP contribution in [-0.4, -0.2) is 31.1 Å². The van der Waals surface area contributed by atoms with E-state index >= 15 is 0 Å². The van der Waals surface area contributed by atoms with Gasteiger partial charge in [0, 0.05) is 6.61 Å². The first-order valence-corrected chi connectivity index (χ1v) is 4.22. The molecule has 13 heavy (non-hydrogen) atoms. The van der Waals surface area contributed by atoms with E-state index in [1.165, 1.54) is 7.11 Å². The fourth-order valence-corrected chi connectivity index (χ4v) is 0.854. The van der Waals surface area contributed by atoms with Crippen molar-refractivity contribution in [2.24, 2.45) is 0 Å². The lowest BCUT2D eigenvalue weighted by molar-refractivity contribution is 0.0490. The van der Waals surface area contributed by atoms with Gasteiger partial charge in [0.2, 0.25) is 0 Å². The largest absolute Gasteiger partial charge is 0.508 e. The second-order valence-corrected chi connectivity index (χ2v) is 2.57. The normalized spacial score (nSPS) is 11.8. The van der Waals surface area contributed by atoms with Crippen LogP contribution in [0.1, 0.15) is 19.3 Å². The summed E-state index contributed by atoms with van der Waals surface area (Å²) in [5, 5.41) is 8.52. The van der Waals surface area contributed by atoms with E-state index in [0.717, 1.165) is 6.42 Å². The predicted octanol–water partition coefficient (Wildman–Crippen LogP) is 1.49. The first kappa shape index (κ1) is 12.0. The van der Waals surface area contributed by atoms with Gasteiger partial charge in [-0.25, -0.2) is 4.79 Å². The van der Waals surface area contributed by atoms with E-state index in [0.29, 0.717) is 12.8 Å². The highest BCUT2D eigenvalue weighted by Crippen LogP contribution is 2.06. The SMILES string of the molecule is C=CC(CCCCO)OC(=O)OC. The van der Waals surface area contributed by atoms with Crippen molar-refractivity contribution in [1.82, 2.24) is 0 Å². The van der Waals surface area contributed by atoms with Crippen LogP contribution < -0.4 is 0 Å². The first-order chi connectivity index (χ1) is 6.24. The molecule has 0 aliphatic heterocycles. The molecular formula is C9H16O4. The van der Waals surface area contributed by atoms with Crippen LogP contribution in [0.2, 0.25) is 0 Å². The molecule has 0 bridgehead atoms. The Hall–Kier alpha value is -1.03. The van der Waals surface area contributed by atoms with E-state index in [1.807, 2.05) is 0 Å². The van der Waals surface area contributed by atoms with Gasteiger partial charge in [-0.1, -0.05) is 12.7 Å². The number of ether oxygens (including phenoxy) is 2. The highest BCUT2D eigenvalue weighted by atomic mass is 16.7. The molecular weight excluding hydrogens is 172 g/mol. The van der Waals surface area contributed by atoms with Crippen molar-refractivity contribution < 1.29 is 19.4 Å². The lowest BCUT2D eigenvalue weighted by Gasteiger charge is -2.11. The van der Waals surface area contributed by atoms with Gasteiger partial charge in [0.05, 0.1) is 7.11 Å². The minimum Gasteiger partial charge on any atom is -0.438 e. The van der Waals surface area contributed by atoms with Crippen molar-refractivity contribution in [3.63, 3.8) is 0 Å². The average Bonchev–Trinajstić information content (AvgIpc) is 2.16. The van der Waals surface area contributed by atoms with E-state index in [4.69, 9.17) is 9.84 Å². The molecule has 0 spiro atoms. The van der Waals surface area contributed by atoms with Crippen molar-refractivity contribution in [2.45, 2.75) is 25.4 Å². The summed E-state index contributed by atoms with van der Waals surface area (Å²) in [4.78, 5) is 10.7. The van der Waals surface area contributed by atoms with Gasteiger partial charge >= 0.3 is 6.16 Å². The van der Waals surface area contributed by atoms with Gasteiger partial charge in [-0.3, -0.25) is 0 Å². The summed E-state index contributed by atoms with van der Waals surface area (Å²) >= 11 is 0. The van der Waals surface area contributed by atoms with Crippen LogP contribution in [0.15, 0.2) is 12.7 Å². The van der Waals surface area contributed by atoms with E-state index in [2.05, 4.69) is 11.3 Å². The zero-order valence-corrected chi connectivity index (χ0v) is 7.86. The third-order valence-electron chi connectivity index (χ3n) is 1.57. The molecule has 0 amide bonds. The van der Waals surface area contributed by atoms with Gasteiger partial charge in [-0.05, 0) is 19.3 Å². The molecule has 0 aromatic heterocycles. The number of aliphatic hydroxyl groups excluding tert-OH is 1. The standard InChI is InChI=1S/C9H16O4/c1-3-8(6-4-5-7-10)13-9(11)12-2/h3,8,10H,1,4-7H2,2H3. The zero-order chi connectivity index (χ0) is 10.1. The van der Waals surface area contributed by atoms with Crippen LogP contribution in [-0.2, 0) is 9.47 Å². The first-order valence-electron chi connectivity index (χ1n) is 4.22. The summed E-state index contributed by atoms with van der Waals surface area (Å²) in [5.74, 6) is 0. The van der Waals surface area contributed by atoms with Gasteiger partial charge in [0.1, 0.15) is 6.10 Å². The smallest absolute Gasteiger partial charge is 0.438 e. The lowest BCUT2D eigenvalue weighted by Crippen LogP contribution is -2.15. The molecule has 0 aliphatic carbocycles. The van der Waals surface area contributed by atoms with E-state index in [-0.39, 0.29) is 12.7 Å². The molecule has 0 saturated carbocycles. The third-order valence-corrected chi connectivity index (χ3v) is 1.57. The maximum atomic E-state index is 10.7. The van der Waals surface area contributed by atoms with E-state index < -0.39 is 6.16 Å². The highest BCUT2D eigenvalue weighted by molar-refractivity contribution is 5.60. The number of hydrogen-bond acceptors (Lipinski definition) is 4. The number of unbranched alkanes of at least 4 members (excludes halogenated alkanes) is 1. The highest BCUT2D eigenvalue weighted by Gasteiger charge is 2.09. The number of rotatable bonds is 6. The van der Waals surface area contributed by atoms with Crippen LogP contribution in [0.5, 0.6) is 0 Å². The zero-order valence-electron chi connectivity index (χ0n) is 7.86. The van der Waals surface area contributed by atoms with Gasteiger partial charge in [0.25, 0.3) is 0 Å². The summed E-state index contributed by atoms with van der Waals surface area (Å²) < 4.78 is 9.17. The third kappa shape index (κ3) is 6.16. The number of carbonyl (C=O) groups is 1. The van der Waals surface area contributed by atoms with E-state index in [9.17, 15) is 4.79 Å². The maximum Gasteiger partial charge on any atom is 0.508 e. The van der Waals surface area contributed by atoms with Crippen LogP contribution in [0.4, 0.5) is 4.79 Å². The topological polar surface area (TPSA) is 55.8 Å². The van der Waals surface area contributed by atoms with E-state index in [1.54, 1.807) is 6.08 Å². The number of aliphatic hydroxyl groups is 1. The lowest BCUT2D eigenvalue weighted by atomic mass is 10.1. The van der Waals surface area contributed by atoms with Crippen molar-refractivity contribution in [1.29, 1.82) is 0 Å². The minimum absolute atomic E-state index is 0.155. The molecule has 0 radical (unpaired) electrons. The van der Waals surface area contributed by atoms with Gasteiger partial charge < -0.3 is 14.6 Å². The molecule has 0 saturated heterocycles. The summed E-state index contributed by atoms with van der Waals surface area (Å²) in [7, 11) is 1.26. The van der Waals surface area contributed by atoms with Crippen LogP contribution >= 0.6 is 0 Å². The van der Waals surface area contributed by atoms with Crippen molar-refractivity contribution in [3.8, 4) is 0 Å². The van der Waals surface area contributed by atoms with Crippen LogP contribution in [0.25, 0.3) is 0 Å². The second kappa shape index (κ2) is 7.61. The second-order valence-electron chi connectivity index (χ2n) is 2.57. The molecule has 0 heterocycles. The number of carbonyl (C=O) groups excluding carboxylic acids is 1. The Morgan fingerprint density at radius 1 is 1.62 bits per heavy atom. The van der Waals surface area contributed by atoms with Crippen molar-refractivity contribution in [3.05, 3.63) is 12.7 Å². The molecule has 0 aromatic rings. The van der Waals surface area contributed by atoms with Gasteiger partial charge in [-0.15, -0.1) is 0 Å². The predicted molar refractivity (Wildman–Crippen MR) is 48.4 cm³/mol. The quantitative estimate of drug-likeness (QED) is 0.390. The van der Waals surface area contributed by atoms with Crippen molar-refractivity contribution >= 4 is 6.16 Å². The molecule has 0 aromatic carbocycles. The Balaban J connectivity index is 3.62. The molecule has 0 rings (SSSR count). The van der Waals surface area contributed by atoms with Gasteiger partial charge in [0.15, 0.2) is 0 Å². The molecule has 4 heteroatoms. The minimum atomic E-state index is -0.700. The Bertz CT molecular complexity index is 156. The summed E-state index contributed by atoms with van der Waals surface area (Å²) in [6, 6.07) is 0. The Kier molecular flexibility index (Phi) is 7.01.